The molecule has 0 bridgehead atoms. The number of urea groups is 1. The molecule has 0 aliphatic carbocycles. The summed E-state index contributed by atoms with van der Waals surface area (Å²) in [6, 6.07) is 1.08. The van der Waals surface area contributed by atoms with E-state index in [1.165, 1.54) is 22.7 Å². The molecule has 2 rings (SSSR count). The van der Waals surface area contributed by atoms with Gasteiger partial charge in [0, 0.05) is 18.4 Å². The van der Waals surface area contributed by atoms with E-state index in [1.807, 2.05) is 0 Å². The first-order chi connectivity index (χ1) is 9.29. The lowest BCUT2D eigenvalue weighted by Crippen LogP contribution is -2.40. The van der Waals surface area contributed by atoms with Crippen molar-refractivity contribution in [3.05, 3.63) is 6.07 Å². The molecule has 1 aliphatic heterocycles. The van der Waals surface area contributed by atoms with Crippen molar-refractivity contribution in [2.45, 2.75) is 24.5 Å². The second kappa shape index (κ2) is 5.16. The molecule has 1 saturated heterocycles. The van der Waals surface area contributed by atoms with E-state index in [-0.39, 0.29) is 30.1 Å². The van der Waals surface area contributed by atoms with E-state index in [0.29, 0.717) is 10.9 Å². The van der Waals surface area contributed by atoms with Gasteiger partial charge in [-0.1, -0.05) is 11.8 Å². The van der Waals surface area contributed by atoms with Crippen molar-refractivity contribution >= 4 is 35.3 Å². The maximum Gasteiger partial charge on any atom is 0.325 e. The summed E-state index contributed by atoms with van der Waals surface area (Å²) in [5.41, 5.74) is 10.3. The zero-order chi connectivity index (χ0) is 14.9. The number of imide groups is 1. The minimum absolute atomic E-state index is 0.240. The van der Waals surface area contributed by atoms with E-state index in [0.717, 1.165) is 0 Å². The summed E-state index contributed by atoms with van der Waals surface area (Å²) >= 11 is 1.28. The molecule has 1 aliphatic rings. The normalized spacial score (nSPS) is 17.4. The number of thioether (sulfide) groups is 1. The molecule has 108 valence electrons. The lowest BCUT2D eigenvalue weighted by atomic mass is 10.1. The Labute approximate surface area is 120 Å². The van der Waals surface area contributed by atoms with Crippen molar-refractivity contribution < 1.29 is 9.59 Å². The molecule has 5 N–H and O–H groups in total. The number of rotatable bonds is 4. The number of nitrogens with one attached hydrogen (secondary N) is 1. The smallest absolute Gasteiger partial charge is 0.325 e. The van der Waals surface area contributed by atoms with Gasteiger partial charge in [0.2, 0.25) is 0 Å². The highest BCUT2D eigenvalue weighted by molar-refractivity contribution is 7.99. The predicted molar refractivity (Wildman–Crippen MR) is 75.9 cm³/mol. The van der Waals surface area contributed by atoms with Crippen molar-refractivity contribution in [2.75, 3.05) is 23.8 Å². The lowest BCUT2D eigenvalue weighted by molar-refractivity contribution is -0.130. The highest BCUT2D eigenvalue weighted by Gasteiger charge is 2.43. The van der Waals surface area contributed by atoms with E-state index in [4.69, 9.17) is 11.5 Å². The van der Waals surface area contributed by atoms with Crippen LogP contribution < -0.4 is 16.8 Å². The summed E-state index contributed by atoms with van der Waals surface area (Å²) in [5, 5.41) is 3.04. The summed E-state index contributed by atoms with van der Waals surface area (Å²) in [6.45, 7) is 3.61. The highest BCUT2D eigenvalue weighted by Crippen LogP contribution is 2.20. The number of nitrogens with zero attached hydrogens (tertiary/aromatic N) is 3. The number of aromatic nitrogens is 2. The maximum atomic E-state index is 12.0. The van der Waals surface area contributed by atoms with Crippen LogP contribution in [0, 0.1) is 0 Å². The Balaban J connectivity index is 1.93. The molecular weight excluding hydrogens is 280 g/mol. The Kier molecular flexibility index (Phi) is 3.71. The molecule has 0 saturated carbocycles. The van der Waals surface area contributed by atoms with Gasteiger partial charge in [-0.15, -0.1) is 0 Å². The number of amides is 3. The Morgan fingerprint density at radius 1 is 1.30 bits per heavy atom. The van der Waals surface area contributed by atoms with Gasteiger partial charge < -0.3 is 16.8 Å². The van der Waals surface area contributed by atoms with E-state index < -0.39 is 5.54 Å². The zero-order valence-corrected chi connectivity index (χ0v) is 12.0. The average molecular weight is 296 g/mol. The van der Waals surface area contributed by atoms with E-state index in [2.05, 4.69) is 15.3 Å². The van der Waals surface area contributed by atoms with Crippen LogP contribution in [0.5, 0.6) is 0 Å². The number of anilines is 2. The lowest BCUT2D eigenvalue weighted by Gasteiger charge is -2.15. The second-order valence-electron chi connectivity index (χ2n) is 4.86. The summed E-state index contributed by atoms with van der Waals surface area (Å²) in [5.74, 6) is 0.807. The van der Waals surface area contributed by atoms with E-state index >= 15 is 0 Å². The standard InChI is InChI=1S/C11H16N6O2S/c1-11(2)8(18)17(10(19)16-11)3-4-20-9-14-6(12)5-7(13)15-9/h5H,3-4H2,1-2H3,(H,16,19)(H4,12,13,14,15). The van der Waals surface area contributed by atoms with Gasteiger partial charge in [0.1, 0.15) is 17.2 Å². The summed E-state index contributed by atoms with van der Waals surface area (Å²) in [6.07, 6.45) is 0. The molecular formula is C11H16N6O2S. The molecule has 0 unspecified atom stereocenters. The summed E-state index contributed by atoms with van der Waals surface area (Å²) in [7, 11) is 0. The van der Waals surface area contributed by atoms with E-state index in [1.54, 1.807) is 13.8 Å². The number of hydrogen-bond acceptors (Lipinski definition) is 7. The Morgan fingerprint density at radius 3 is 2.40 bits per heavy atom. The minimum atomic E-state index is -0.847. The fraction of sp³-hybridized carbons (Fsp3) is 0.455. The number of carbonyl (C=O) groups excluding carboxylic acids is 2. The largest absolute Gasteiger partial charge is 0.383 e. The van der Waals surface area contributed by atoms with Gasteiger partial charge in [-0.2, -0.15) is 0 Å². The number of nitrogens with two attached hydrogens (primary N) is 2. The molecule has 20 heavy (non-hydrogen) atoms. The second-order valence-corrected chi connectivity index (χ2v) is 5.92. The molecule has 0 atom stereocenters. The number of nitrogen functional groups attached to an aromatic ring is 2. The topological polar surface area (TPSA) is 127 Å². The fourth-order valence-corrected chi connectivity index (χ4v) is 2.57. The Morgan fingerprint density at radius 2 is 1.90 bits per heavy atom. The van der Waals surface area contributed by atoms with Crippen LogP contribution in [-0.4, -0.2) is 44.6 Å². The molecule has 0 aromatic carbocycles. The van der Waals surface area contributed by atoms with Gasteiger partial charge in [0.05, 0.1) is 0 Å². The first-order valence-corrected chi connectivity index (χ1v) is 6.95. The van der Waals surface area contributed by atoms with Crippen LogP contribution in [0.25, 0.3) is 0 Å². The molecule has 3 amide bonds. The van der Waals surface area contributed by atoms with Gasteiger partial charge >= 0.3 is 6.03 Å². The third-order valence-electron chi connectivity index (χ3n) is 2.74. The first-order valence-electron chi connectivity index (χ1n) is 5.96. The monoisotopic (exact) mass is 296 g/mol. The molecule has 0 radical (unpaired) electrons. The van der Waals surface area contributed by atoms with Crippen LogP contribution in [0.15, 0.2) is 11.2 Å². The third-order valence-corrected chi connectivity index (χ3v) is 3.56. The van der Waals surface area contributed by atoms with Gasteiger partial charge in [0.25, 0.3) is 5.91 Å². The predicted octanol–water partition coefficient (Wildman–Crippen LogP) is 0.0635. The Hall–Kier alpha value is -2.03. The van der Waals surface area contributed by atoms with Gasteiger partial charge in [-0.05, 0) is 13.8 Å². The first kappa shape index (κ1) is 14.4. The molecule has 1 fully saturated rings. The van der Waals surface area contributed by atoms with Gasteiger partial charge in [0.15, 0.2) is 5.16 Å². The van der Waals surface area contributed by atoms with E-state index in [9.17, 15) is 9.59 Å². The number of carbonyl (C=O) groups is 2. The summed E-state index contributed by atoms with van der Waals surface area (Å²) in [4.78, 5) is 32.8. The van der Waals surface area contributed by atoms with Crippen LogP contribution in [0.2, 0.25) is 0 Å². The molecule has 9 heteroatoms. The molecule has 0 spiro atoms. The van der Waals surface area contributed by atoms with Gasteiger partial charge in [-0.25, -0.2) is 14.8 Å². The molecule has 8 nitrogen and oxygen atoms in total. The average Bonchev–Trinajstić information content (AvgIpc) is 2.49. The van der Waals surface area contributed by atoms with Crippen molar-refractivity contribution in [3.63, 3.8) is 0 Å². The maximum absolute atomic E-state index is 12.0. The van der Waals surface area contributed by atoms with Crippen LogP contribution in [0.1, 0.15) is 13.8 Å². The van der Waals surface area contributed by atoms with Crippen LogP contribution >= 0.6 is 11.8 Å². The van der Waals surface area contributed by atoms with Crippen LogP contribution in [0.3, 0.4) is 0 Å². The third kappa shape index (κ3) is 2.93. The number of hydrogen-bond donors (Lipinski definition) is 3. The SMILES string of the molecule is CC1(C)NC(=O)N(CCSc2nc(N)cc(N)n2)C1=O. The highest BCUT2D eigenvalue weighted by atomic mass is 32.2. The van der Waals surface area contributed by atoms with Crippen LogP contribution in [-0.2, 0) is 4.79 Å². The van der Waals surface area contributed by atoms with Crippen molar-refractivity contribution in [3.8, 4) is 0 Å². The quantitative estimate of drug-likeness (QED) is 0.407. The van der Waals surface area contributed by atoms with Crippen LogP contribution in [0.4, 0.5) is 16.4 Å². The molecule has 1 aromatic rings. The van der Waals surface area contributed by atoms with Crippen molar-refractivity contribution in [2.24, 2.45) is 0 Å². The minimum Gasteiger partial charge on any atom is -0.383 e. The summed E-state index contributed by atoms with van der Waals surface area (Å²) < 4.78 is 0. The molecule has 2 heterocycles. The van der Waals surface area contributed by atoms with Gasteiger partial charge in [-0.3, -0.25) is 9.69 Å². The zero-order valence-electron chi connectivity index (χ0n) is 11.2. The fourth-order valence-electron chi connectivity index (χ4n) is 1.78. The van der Waals surface area contributed by atoms with Crippen molar-refractivity contribution in [1.82, 2.24) is 20.2 Å². The Bertz CT molecular complexity index is 542. The van der Waals surface area contributed by atoms with Crippen molar-refractivity contribution in [1.29, 1.82) is 0 Å². The molecule has 1 aromatic heterocycles.